The van der Waals surface area contributed by atoms with Crippen LogP contribution in [0.4, 0.5) is 0 Å². The van der Waals surface area contributed by atoms with Crippen LogP contribution in [-0.4, -0.2) is 32.6 Å². The SMILES string of the molecule is CCn1ccc2ccc(CN3CCC(O)(c4ccc(C)cn4)CC3)cc21. The van der Waals surface area contributed by atoms with Crippen molar-refractivity contribution in [2.45, 2.75) is 45.4 Å². The fraction of sp³-hybridized carbons (Fsp3) is 0.409. The van der Waals surface area contributed by atoms with Gasteiger partial charge in [-0.3, -0.25) is 9.88 Å². The van der Waals surface area contributed by atoms with Gasteiger partial charge in [-0.2, -0.15) is 0 Å². The second-order valence-electron chi connectivity index (χ2n) is 7.52. The molecule has 3 aromatic rings. The van der Waals surface area contributed by atoms with Crippen LogP contribution in [0, 0.1) is 6.92 Å². The van der Waals surface area contributed by atoms with Crippen LogP contribution < -0.4 is 0 Å². The molecule has 1 saturated heterocycles. The van der Waals surface area contributed by atoms with E-state index in [0.29, 0.717) is 0 Å². The van der Waals surface area contributed by atoms with Crippen LogP contribution >= 0.6 is 0 Å². The monoisotopic (exact) mass is 349 g/mol. The summed E-state index contributed by atoms with van der Waals surface area (Å²) >= 11 is 0. The number of fused-ring (bicyclic) bond motifs is 1. The van der Waals surface area contributed by atoms with Crippen molar-refractivity contribution in [3.8, 4) is 0 Å². The standard InChI is InChI=1S/C22H27N3O/c1-3-25-11-8-19-6-5-18(14-20(19)25)16-24-12-9-22(26,10-13-24)21-7-4-17(2)15-23-21/h4-8,11,14-15,26H,3,9-10,12-13,16H2,1-2H3. The molecular formula is C22H27N3O. The van der Waals surface area contributed by atoms with Crippen LogP contribution in [0.1, 0.15) is 36.6 Å². The normalized spacial score (nSPS) is 17.7. The summed E-state index contributed by atoms with van der Waals surface area (Å²) in [6.07, 6.45) is 5.47. The van der Waals surface area contributed by atoms with Gasteiger partial charge in [0.05, 0.1) is 5.69 Å². The summed E-state index contributed by atoms with van der Waals surface area (Å²) in [6.45, 7) is 7.90. The largest absolute Gasteiger partial charge is 0.383 e. The van der Waals surface area contributed by atoms with Gasteiger partial charge in [-0.15, -0.1) is 0 Å². The summed E-state index contributed by atoms with van der Waals surface area (Å²) in [4.78, 5) is 6.89. The van der Waals surface area contributed by atoms with Gasteiger partial charge in [-0.1, -0.05) is 18.2 Å². The van der Waals surface area contributed by atoms with E-state index < -0.39 is 5.60 Å². The predicted molar refractivity (Wildman–Crippen MR) is 105 cm³/mol. The third-order valence-corrected chi connectivity index (χ3v) is 5.66. The summed E-state index contributed by atoms with van der Waals surface area (Å²) < 4.78 is 2.29. The molecule has 0 unspecified atom stereocenters. The van der Waals surface area contributed by atoms with Crippen molar-refractivity contribution in [3.63, 3.8) is 0 Å². The number of pyridine rings is 1. The highest BCUT2D eigenvalue weighted by atomic mass is 16.3. The molecule has 136 valence electrons. The zero-order chi connectivity index (χ0) is 18.1. The molecule has 1 aliphatic rings. The molecular weight excluding hydrogens is 322 g/mol. The van der Waals surface area contributed by atoms with Gasteiger partial charge in [0.1, 0.15) is 5.60 Å². The first-order valence-electron chi connectivity index (χ1n) is 9.53. The molecule has 26 heavy (non-hydrogen) atoms. The van der Waals surface area contributed by atoms with Gasteiger partial charge >= 0.3 is 0 Å². The van der Waals surface area contributed by atoms with Gasteiger partial charge in [0, 0.05) is 44.1 Å². The molecule has 0 atom stereocenters. The second kappa shape index (κ2) is 6.86. The molecule has 4 heteroatoms. The first kappa shape index (κ1) is 17.3. The Balaban J connectivity index is 1.44. The molecule has 0 bridgehead atoms. The highest BCUT2D eigenvalue weighted by Crippen LogP contribution is 2.32. The number of aromatic nitrogens is 2. The van der Waals surface area contributed by atoms with E-state index in [0.717, 1.165) is 50.3 Å². The molecule has 0 radical (unpaired) electrons. The number of hydrogen-bond acceptors (Lipinski definition) is 3. The zero-order valence-electron chi connectivity index (χ0n) is 15.7. The Labute approximate surface area is 155 Å². The van der Waals surface area contributed by atoms with E-state index in [2.05, 4.69) is 51.8 Å². The molecule has 1 aliphatic heterocycles. The number of piperidine rings is 1. The van der Waals surface area contributed by atoms with Gasteiger partial charge in [-0.25, -0.2) is 0 Å². The topological polar surface area (TPSA) is 41.3 Å². The molecule has 1 aromatic carbocycles. The first-order valence-corrected chi connectivity index (χ1v) is 9.53. The molecule has 0 aliphatic carbocycles. The smallest absolute Gasteiger partial charge is 0.109 e. The van der Waals surface area contributed by atoms with Crippen LogP contribution in [0.5, 0.6) is 0 Å². The van der Waals surface area contributed by atoms with E-state index in [4.69, 9.17) is 0 Å². The average Bonchev–Trinajstić information content (AvgIpc) is 3.06. The summed E-state index contributed by atoms with van der Waals surface area (Å²) in [5.74, 6) is 0. The summed E-state index contributed by atoms with van der Waals surface area (Å²) in [6, 6.07) is 12.9. The number of rotatable bonds is 4. The molecule has 0 saturated carbocycles. The molecule has 4 rings (SSSR count). The van der Waals surface area contributed by atoms with E-state index in [9.17, 15) is 5.11 Å². The van der Waals surface area contributed by atoms with E-state index in [1.54, 1.807) is 0 Å². The minimum Gasteiger partial charge on any atom is -0.383 e. The number of nitrogens with zero attached hydrogens (tertiary/aromatic N) is 3. The van der Waals surface area contributed by atoms with Gasteiger partial charge in [0.15, 0.2) is 0 Å². The number of aliphatic hydroxyl groups is 1. The van der Waals surface area contributed by atoms with Crippen molar-refractivity contribution in [1.82, 2.24) is 14.5 Å². The third kappa shape index (κ3) is 3.27. The molecule has 2 aromatic heterocycles. The number of likely N-dealkylation sites (tertiary alicyclic amines) is 1. The quantitative estimate of drug-likeness (QED) is 0.778. The lowest BCUT2D eigenvalue weighted by atomic mass is 9.87. The van der Waals surface area contributed by atoms with E-state index in [-0.39, 0.29) is 0 Å². The minimum atomic E-state index is -0.787. The lowest BCUT2D eigenvalue weighted by Crippen LogP contribution is -2.42. The fourth-order valence-electron chi connectivity index (χ4n) is 3.94. The maximum atomic E-state index is 11.0. The van der Waals surface area contributed by atoms with Crippen molar-refractivity contribution in [2.75, 3.05) is 13.1 Å². The van der Waals surface area contributed by atoms with Gasteiger partial charge in [0.2, 0.25) is 0 Å². The van der Waals surface area contributed by atoms with Crippen LogP contribution in [0.2, 0.25) is 0 Å². The lowest BCUT2D eigenvalue weighted by Gasteiger charge is -2.37. The predicted octanol–water partition coefficient (Wildman–Crippen LogP) is 3.85. The van der Waals surface area contributed by atoms with Crippen LogP contribution in [0.3, 0.4) is 0 Å². The Bertz CT molecular complexity index is 889. The molecule has 3 heterocycles. The zero-order valence-corrected chi connectivity index (χ0v) is 15.7. The lowest BCUT2D eigenvalue weighted by molar-refractivity contribution is -0.0311. The van der Waals surface area contributed by atoms with Crippen LogP contribution in [0.15, 0.2) is 48.8 Å². The number of hydrogen-bond donors (Lipinski definition) is 1. The van der Waals surface area contributed by atoms with E-state index >= 15 is 0 Å². The van der Waals surface area contributed by atoms with Crippen molar-refractivity contribution < 1.29 is 5.11 Å². The summed E-state index contributed by atoms with van der Waals surface area (Å²) in [7, 11) is 0. The second-order valence-corrected chi connectivity index (χ2v) is 7.52. The van der Waals surface area contributed by atoms with Gasteiger partial charge in [-0.05, 0) is 61.4 Å². The van der Waals surface area contributed by atoms with Crippen molar-refractivity contribution in [1.29, 1.82) is 0 Å². The van der Waals surface area contributed by atoms with Gasteiger partial charge in [0.25, 0.3) is 0 Å². The molecule has 0 amide bonds. The van der Waals surface area contributed by atoms with Crippen LogP contribution in [0.25, 0.3) is 10.9 Å². The Morgan fingerprint density at radius 1 is 1.12 bits per heavy atom. The number of benzene rings is 1. The Morgan fingerprint density at radius 3 is 2.62 bits per heavy atom. The summed E-state index contributed by atoms with van der Waals surface area (Å²) in [5.41, 5.74) is 3.80. The van der Waals surface area contributed by atoms with Crippen molar-refractivity contribution in [2.24, 2.45) is 0 Å². The Hall–Kier alpha value is -2.17. The molecule has 1 N–H and O–H groups in total. The minimum absolute atomic E-state index is 0.733. The van der Waals surface area contributed by atoms with Crippen molar-refractivity contribution in [3.05, 3.63) is 65.6 Å². The summed E-state index contributed by atoms with van der Waals surface area (Å²) in [5, 5.41) is 12.3. The van der Waals surface area contributed by atoms with Crippen LogP contribution in [-0.2, 0) is 18.7 Å². The van der Waals surface area contributed by atoms with E-state index in [1.807, 2.05) is 25.3 Å². The molecule has 1 fully saturated rings. The van der Waals surface area contributed by atoms with Crippen molar-refractivity contribution >= 4 is 10.9 Å². The highest BCUT2D eigenvalue weighted by Gasteiger charge is 2.35. The Morgan fingerprint density at radius 2 is 1.92 bits per heavy atom. The van der Waals surface area contributed by atoms with E-state index in [1.165, 1.54) is 16.5 Å². The maximum Gasteiger partial charge on any atom is 0.109 e. The highest BCUT2D eigenvalue weighted by molar-refractivity contribution is 5.80. The van der Waals surface area contributed by atoms with Gasteiger partial charge < -0.3 is 9.67 Å². The average molecular weight is 349 g/mol. The maximum absolute atomic E-state index is 11.0. The number of aryl methyl sites for hydroxylation is 2. The fourth-order valence-corrected chi connectivity index (χ4v) is 3.94. The third-order valence-electron chi connectivity index (χ3n) is 5.66. The Kier molecular flexibility index (Phi) is 4.55. The molecule has 4 nitrogen and oxygen atoms in total. The first-order chi connectivity index (χ1) is 12.6. The molecule has 0 spiro atoms.